The number of hydrogen-bond acceptors (Lipinski definition) is 6. The Morgan fingerprint density at radius 2 is 2.13 bits per heavy atom. The van der Waals surface area contributed by atoms with Crippen molar-refractivity contribution < 1.29 is 9.32 Å². The molecule has 124 valence electrons. The van der Waals surface area contributed by atoms with Crippen molar-refractivity contribution in [2.75, 3.05) is 26.7 Å². The van der Waals surface area contributed by atoms with Gasteiger partial charge in [-0.2, -0.15) is 10.1 Å². The van der Waals surface area contributed by atoms with Crippen molar-refractivity contribution in [3.05, 3.63) is 29.2 Å². The number of carbonyl (C=O) groups is 1. The Morgan fingerprint density at radius 3 is 2.74 bits per heavy atom. The molecule has 0 aliphatic carbocycles. The Kier molecular flexibility index (Phi) is 4.16. The number of nitrogens with zero attached hydrogens (tertiary/aromatic N) is 6. The van der Waals surface area contributed by atoms with Crippen LogP contribution in [0, 0.1) is 20.8 Å². The number of hydrogen-bond donors (Lipinski definition) is 0. The third kappa shape index (κ3) is 3.26. The highest BCUT2D eigenvalue weighted by atomic mass is 16.5. The number of rotatable bonds is 3. The quantitative estimate of drug-likeness (QED) is 0.829. The minimum absolute atomic E-state index is 0.0607. The second-order valence-corrected chi connectivity index (χ2v) is 6.10. The van der Waals surface area contributed by atoms with Crippen LogP contribution in [-0.4, -0.2) is 62.3 Å². The molecule has 0 radical (unpaired) electrons. The molecular formula is C15H22N6O2. The van der Waals surface area contributed by atoms with E-state index >= 15 is 0 Å². The number of carbonyl (C=O) groups excluding carboxylic acids is 1. The fourth-order valence-electron chi connectivity index (χ4n) is 2.88. The van der Waals surface area contributed by atoms with Crippen molar-refractivity contribution >= 4 is 5.91 Å². The van der Waals surface area contributed by atoms with Gasteiger partial charge in [-0.15, -0.1) is 0 Å². The van der Waals surface area contributed by atoms with Gasteiger partial charge in [0.25, 0.3) is 0 Å². The molecule has 3 heterocycles. The monoisotopic (exact) mass is 318 g/mol. The van der Waals surface area contributed by atoms with Crippen LogP contribution in [0.5, 0.6) is 0 Å². The van der Waals surface area contributed by atoms with E-state index in [2.05, 4.69) is 20.1 Å². The highest BCUT2D eigenvalue weighted by Crippen LogP contribution is 2.22. The van der Waals surface area contributed by atoms with Crippen molar-refractivity contribution in [2.45, 2.75) is 33.4 Å². The lowest BCUT2D eigenvalue weighted by Gasteiger charge is -2.37. The van der Waals surface area contributed by atoms with E-state index in [9.17, 15) is 4.79 Å². The second kappa shape index (κ2) is 6.11. The average molecular weight is 318 g/mol. The first-order valence-electron chi connectivity index (χ1n) is 7.73. The van der Waals surface area contributed by atoms with Gasteiger partial charge in [-0.05, 0) is 33.9 Å². The molecule has 8 nitrogen and oxygen atoms in total. The van der Waals surface area contributed by atoms with Crippen LogP contribution >= 0.6 is 0 Å². The average Bonchev–Trinajstić information content (AvgIpc) is 3.05. The number of aryl methyl sites for hydroxylation is 3. The highest BCUT2D eigenvalue weighted by Gasteiger charge is 2.32. The first-order chi connectivity index (χ1) is 10.9. The van der Waals surface area contributed by atoms with E-state index in [0.717, 1.165) is 17.9 Å². The Morgan fingerprint density at radius 1 is 1.35 bits per heavy atom. The summed E-state index contributed by atoms with van der Waals surface area (Å²) in [6, 6.07) is 1.91. The molecule has 0 spiro atoms. The zero-order chi connectivity index (χ0) is 16.6. The third-order valence-corrected chi connectivity index (χ3v) is 4.22. The van der Waals surface area contributed by atoms with E-state index in [1.807, 2.05) is 31.9 Å². The molecule has 1 fully saturated rings. The maximum absolute atomic E-state index is 12.6. The van der Waals surface area contributed by atoms with E-state index < -0.39 is 0 Å². The van der Waals surface area contributed by atoms with E-state index in [-0.39, 0.29) is 18.5 Å². The molecule has 2 aromatic rings. The Bertz CT molecular complexity index is 707. The lowest BCUT2D eigenvalue weighted by atomic mass is 10.1. The van der Waals surface area contributed by atoms with E-state index in [1.54, 1.807) is 11.6 Å². The van der Waals surface area contributed by atoms with Gasteiger partial charge < -0.3 is 9.42 Å². The number of likely N-dealkylation sites (N-methyl/N-ethyl adjacent to an activating group) is 1. The molecule has 0 aromatic carbocycles. The van der Waals surface area contributed by atoms with Gasteiger partial charge in [0.05, 0.1) is 5.69 Å². The van der Waals surface area contributed by atoms with Gasteiger partial charge in [-0.3, -0.25) is 14.4 Å². The van der Waals surface area contributed by atoms with E-state index in [1.165, 1.54) is 0 Å². The summed E-state index contributed by atoms with van der Waals surface area (Å²) in [5.74, 6) is 1.23. The zero-order valence-electron chi connectivity index (χ0n) is 14.0. The van der Waals surface area contributed by atoms with Crippen molar-refractivity contribution in [2.24, 2.45) is 0 Å². The topological polar surface area (TPSA) is 80.3 Å². The maximum atomic E-state index is 12.6. The van der Waals surface area contributed by atoms with Crippen LogP contribution in [0.25, 0.3) is 0 Å². The third-order valence-electron chi connectivity index (χ3n) is 4.22. The van der Waals surface area contributed by atoms with Crippen LogP contribution in [-0.2, 0) is 11.3 Å². The SMILES string of the molecule is Cc1cc(C)n(CC(=O)N2CCN(C)C(c3nc(C)no3)C2)n1. The van der Waals surface area contributed by atoms with Crippen LogP contribution in [0.4, 0.5) is 0 Å². The molecule has 8 heteroatoms. The van der Waals surface area contributed by atoms with Gasteiger partial charge in [0.1, 0.15) is 12.6 Å². The van der Waals surface area contributed by atoms with Gasteiger partial charge in [0.2, 0.25) is 11.8 Å². The van der Waals surface area contributed by atoms with Crippen LogP contribution in [0.3, 0.4) is 0 Å². The van der Waals surface area contributed by atoms with Crippen LogP contribution in [0.1, 0.15) is 29.1 Å². The summed E-state index contributed by atoms with van der Waals surface area (Å²) in [5.41, 5.74) is 1.92. The summed E-state index contributed by atoms with van der Waals surface area (Å²) >= 11 is 0. The fourth-order valence-corrected chi connectivity index (χ4v) is 2.88. The van der Waals surface area contributed by atoms with Crippen molar-refractivity contribution in [1.29, 1.82) is 0 Å². The van der Waals surface area contributed by atoms with Crippen LogP contribution in [0.15, 0.2) is 10.6 Å². The highest BCUT2D eigenvalue weighted by molar-refractivity contribution is 5.76. The van der Waals surface area contributed by atoms with E-state index in [0.29, 0.717) is 24.8 Å². The molecule has 0 saturated carbocycles. The summed E-state index contributed by atoms with van der Waals surface area (Å²) in [6.45, 7) is 7.96. The molecule has 1 saturated heterocycles. The standard InChI is InChI=1S/C15H22N6O2/c1-10-7-11(2)21(17-10)9-14(22)20-6-5-19(4)13(8-20)15-16-12(3)18-23-15/h7,13H,5-6,8-9H2,1-4H3. The van der Waals surface area contributed by atoms with Crippen molar-refractivity contribution in [3.8, 4) is 0 Å². The van der Waals surface area contributed by atoms with Crippen molar-refractivity contribution in [1.82, 2.24) is 29.7 Å². The summed E-state index contributed by atoms with van der Waals surface area (Å²) in [7, 11) is 2.01. The smallest absolute Gasteiger partial charge is 0.245 e. The second-order valence-electron chi connectivity index (χ2n) is 6.10. The Balaban J connectivity index is 1.70. The van der Waals surface area contributed by atoms with Gasteiger partial charge >= 0.3 is 0 Å². The number of piperazine rings is 1. The summed E-state index contributed by atoms with van der Waals surface area (Å²) < 4.78 is 7.04. The van der Waals surface area contributed by atoms with Crippen molar-refractivity contribution in [3.63, 3.8) is 0 Å². The molecule has 0 bridgehead atoms. The maximum Gasteiger partial charge on any atom is 0.245 e. The summed E-state index contributed by atoms with van der Waals surface area (Å²) in [6.07, 6.45) is 0. The lowest BCUT2D eigenvalue weighted by Crippen LogP contribution is -2.50. The molecule has 1 aliphatic rings. The van der Waals surface area contributed by atoms with Crippen LogP contribution in [0.2, 0.25) is 0 Å². The molecule has 0 N–H and O–H groups in total. The molecule has 2 aromatic heterocycles. The van der Waals surface area contributed by atoms with E-state index in [4.69, 9.17) is 4.52 Å². The predicted molar refractivity (Wildman–Crippen MR) is 82.7 cm³/mol. The lowest BCUT2D eigenvalue weighted by molar-refractivity contribution is -0.135. The van der Waals surface area contributed by atoms with Gasteiger partial charge in [0.15, 0.2) is 5.82 Å². The first kappa shape index (κ1) is 15.7. The van der Waals surface area contributed by atoms with Gasteiger partial charge in [-0.25, -0.2) is 0 Å². The normalized spacial score (nSPS) is 19.3. The predicted octanol–water partition coefficient (Wildman–Crippen LogP) is 0.707. The molecule has 1 amide bonds. The molecule has 23 heavy (non-hydrogen) atoms. The minimum atomic E-state index is -0.0608. The fraction of sp³-hybridized carbons (Fsp3) is 0.600. The molecule has 1 unspecified atom stereocenters. The largest absolute Gasteiger partial charge is 0.338 e. The molecular weight excluding hydrogens is 296 g/mol. The summed E-state index contributed by atoms with van der Waals surface area (Å²) in [4.78, 5) is 20.9. The Hall–Kier alpha value is -2.22. The number of amides is 1. The molecule has 3 rings (SSSR count). The molecule has 1 atom stereocenters. The Labute approximate surface area is 135 Å². The molecule has 1 aliphatic heterocycles. The first-order valence-corrected chi connectivity index (χ1v) is 7.73. The number of aromatic nitrogens is 4. The minimum Gasteiger partial charge on any atom is -0.338 e. The van der Waals surface area contributed by atoms with Gasteiger partial charge in [-0.1, -0.05) is 5.16 Å². The van der Waals surface area contributed by atoms with Gasteiger partial charge in [0, 0.05) is 25.3 Å². The zero-order valence-corrected chi connectivity index (χ0v) is 14.0. The summed E-state index contributed by atoms with van der Waals surface area (Å²) in [5, 5.41) is 8.21. The van der Waals surface area contributed by atoms with Crippen LogP contribution < -0.4 is 0 Å².